The zero-order valence-corrected chi connectivity index (χ0v) is 7.21. The van der Waals surface area contributed by atoms with Crippen LogP contribution in [0.1, 0.15) is 29.9 Å². The van der Waals surface area contributed by atoms with E-state index in [-0.39, 0.29) is 5.92 Å². The van der Waals surface area contributed by atoms with Gasteiger partial charge in [0.15, 0.2) is 0 Å². The molecule has 0 saturated heterocycles. The zero-order chi connectivity index (χ0) is 8.55. The van der Waals surface area contributed by atoms with Crippen LogP contribution in [-0.4, -0.2) is 5.78 Å². The van der Waals surface area contributed by atoms with Crippen LogP contribution >= 0.6 is 0 Å². The number of aryl methyl sites for hydroxylation is 1. The number of hydrogen-bond donors (Lipinski definition) is 0. The van der Waals surface area contributed by atoms with E-state index < -0.39 is 0 Å². The van der Waals surface area contributed by atoms with Gasteiger partial charge in [-0.05, 0) is 24.5 Å². The van der Waals surface area contributed by atoms with Crippen molar-refractivity contribution in [1.29, 1.82) is 0 Å². The van der Waals surface area contributed by atoms with Gasteiger partial charge >= 0.3 is 0 Å². The van der Waals surface area contributed by atoms with Gasteiger partial charge in [-0.1, -0.05) is 24.3 Å². The average Bonchev–Trinajstić information content (AvgIpc) is 2.06. The van der Waals surface area contributed by atoms with Gasteiger partial charge in [-0.3, -0.25) is 4.79 Å². The number of rotatable bonds is 1. The Kier molecular flexibility index (Phi) is 1.72. The van der Waals surface area contributed by atoms with Crippen LogP contribution in [0.3, 0.4) is 0 Å². The lowest BCUT2D eigenvalue weighted by Gasteiger charge is -2.25. The lowest BCUT2D eigenvalue weighted by molar-refractivity contribution is -0.125. The van der Waals surface area contributed by atoms with Crippen LogP contribution in [0.25, 0.3) is 0 Å². The van der Waals surface area contributed by atoms with E-state index in [0.717, 1.165) is 12.8 Å². The van der Waals surface area contributed by atoms with Gasteiger partial charge in [0.25, 0.3) is 0 Å². The molecule has 0 N–H and O–H groups in total. The summed E-state index contributed by atoms with van der Waals surface area (Å²) >= 11 is 0. The quantitative estimate of drug-likeness (QED) is 0.616. The second-order valence-electron chi connectivity index (χ2n) is 3.41. The summed E-state index contributed by atoms with van der Waals surface area (Å²) in [7, 11) is 0. The first kappa shape index (κ1) is 7.53. The summed E-state index contributed by atoms with van der Waals surface area (Å²) in [5.41, 5.74) is 2.48. The van der Waals surface area contributed by atoms with Crippen LogP contribution in [0.15, 0.2) is 24.3 Å². The summed E-state index contributed by atoms with van der Waals surface area (Å²) in [6, 6.07) is 8.16. The van der Waals surface area contributed by atoms with Gasteiger partial charge in [-0.25, -0.2) is 0 Å². The Morgan fingerprint density at radius 2 is 2.08 bits per heavy atom. The molecule has 1 saturated carbocycles. The highest BCUT2D eigenvalue weighted by atomic mass is 16.1. The minimum Gasteiger partial charge on any atom is -0.299 e. The Morgan fingerprint density at radius 3 is 2.58 bits per heavy atom. The molecular formula is C11H12O. The zero-order valence-electron chi connectivity index (χ0n) is 7.21. The summed E-state index contributed by atoms with van der Waals surface area (Å²) in [6.07, 6.45) is 1.82. The molecule has 0 spiro atoms. The second kappa shape index (κ2) is 2.74. The van der Waals surface area contributed by atoms with E-state index in [0.29, 0.717) is 5.78 Å². The van der Waals surface area contributed by atoms with E-state index in [1.54, 1.807) is 0 Å². The van der Waals surface area contributed by atoms with Crippen molar-refractivity contribution >= 4 is 5.78 Å². The summed E-state index contributed by atoms with van der Waals surface area (Å²) in [4.78, 5) is 11.2. The largest absolute Gasteiger partial charge is 0.299 e. The van der Waals surface area contributed by atoms with Crippen LogP contribution in [0, 0.1) is 6.92 Å². The molecule has 1 aromatic rings. The summed E-state index contributed by atoms with van der Waals surface area (Å²) in [5, 5.41) is 0. The highest BCUT2D eigenvalue weighted by molar-refractivity contribution is 5.91. The van der Waals surface area contributed by atoms with Gasteiger partial charge in [0.1, 0.15) is 5.78 Å². The fourth-order valence-corrected chi connectivity index (χ4v) is 1.71. The fourth-order valence-electron chi connectivity index (χ4n) is 1.71. The molecule has 0 aliphatic heterocycles. The molecular weight excluding hydrogens is 148 g/mol. The SMILES string of the molecule is Cc1ccccc1[C@H]1CCC1=O. The molecule has 0 amide bonds. The predicted octanol–water partition coefficient (Wildman–Crippen LogP) is 2.44. The van der Waals surface area contributed by atoms with E-state index >= 15 is 0 Å². The summed E-state index contributed by atoms with van der Waals surface area (Å²) < 4.78 is 0. The molecule has 1 aromatic carbocycles. The van der Waals surface area contributed by atoms with Crippen LogP contribution in [0.4, 0.5) is 0 Å². The van der Waals surface area contributed by atoms with Crippen molar-refractivity contribution in [2.75, 3.05) is 0 Å². The molecule has 0 heterocycles. The molecule has 1 heteroatoms. The van der Waals surface area contributed by atoms with Crippen molar-refractivity contribution in [3.8, 4) is 0 Å². The standard InChI is InChI=1S/C11H12O/c1-8-4-2-3-5-9(8)10-6-7-11(10)12/h2-5,10H,6-7H2,1H3/t10-/m1/s1. The topological polar surface area (TPSA) is 17.1 Å². The highest BCUT2D eigenvalue weighted by Crippen LogP contribution is 2.34. The Bertz CT molecular complexity index is 315. The van der Waals surface area contributed by atoms with Crippen molar-refractivity contribution in [1.82, 2.24) is 0 Å². The van der Waals surface area contributed by atoms with Gasteiger partial charge in [-0.2, -0.15) is 0 Å². The molecule has 1 aliphatic rings. The van der Waals surface area contributed by atoms with Gasteiger partial charge in [0.2, 0.25) is 0 Å². The highest BCUT2D eigenvalue weighted by Gasteiger charge is 2.29. The third-order valence-corrected chi connectivity index (χ3v) is 2.63. The van der Waals surface area contributed by atoms with Crippen LogP contribution < -0.4 is 0 Å². The maximum Gasteiger partial charge on any atom is 0.140 e. The van der Waals surface area contributed by atoms with E-state index in [1.807, 2.05) is 12.1 Å². The Labute approximate surface area is 72.4 Å². The maximum atomic E-state index is 11.2. The number of hydrogen-bond acceptors (Lipinski definition) is 1. The van der Waals surface area contributed by atoms with Crippen molar-refractivity contribution in [2.45, 2.75) is 25.7 Å². The molecule has 1 atom stereocenters. The fraction of sp³-hybridized carbons (Fsp3) is 0.364. The lowest BCUT2D eigenvalue weighted by atomic mass is 9.77. The average molecular weight is 160 g/mol. The van der Waals surface area contributed by atoms with Crippen molar-refractivity contribution in [2.24, 2.45) is 0 Å². The molecule has 1 nitrogen and oxygen atoms in total. The number of Topliss-reactive ketones (excluding diaryl/α,β-unsaturated/α-hetero) is 1. The smallest absolute Gasteiger partial charge is 0.140 e. The van der Waals surface area contributed by atoms with Crippen molar-refractivity contribution in [3.05, 3.63) is 35.4 Å². The Morgan fingerprint density at radius 1 is 1.33 bits per heavy atom. The minimum absolute atomic E-state index is 0.214. The van der Waals surface area contributed by atoms with Gasteiger partial charge < -0.3 is 0 Å². The number of ketones is 1. The predicted molar refractivity (Wildman–Crippen MR) is 48.2 cm³/mol. The Hall–Kier alpha value is -1.11. The summed E-state index contributed by atoms with van der Waals surface area (Å²) in [5.74, 6) is 0.621. The first-order chi connectivity index (χ1) is 5.79. The van der Waals surface area contributed by atoms with E-state index in [1.165, 1.54) is 11.1 Å². The van der Waals surface area contributed by atoms with Crippen LogP contribution in [0.5, 0.6) is 0 Å². The number of benzene rings is 1. The molecule has 0 unspecified atom stereocenters. The third kappa shape index (κ3) is 1.06. The van der Waals surface area contributed by atoms with Gasteiger partial charge in [0, 0.05) is 12.3 Å². The number of carbonyl (C=O) groups is 1. The first-order valence-corrected chi connectivity index (χ1v) is 4.37. The van der Waals surface area contributed by atoms with E-state index in [2.05, 4.69) is 19.1 Å². The van der Waals surface area contributed by atoms with Gasteiger partial charge in [0.05, 0.1) is 0 Å². The van der Waals surface area contributed by atoms with Crippen LogP contribution in [-0.2, 0) is 4.79 Å². The molecule has 2 rings (SSSR count). The Balaban J connectivity index is 2.33. The van der Waals surface area contributed by atoms with Crippen LogP contribution in [0.2, 0.25) is 0 Å². The molecule has 62 valence electrons. The van der Waals surface area contributed by atoms with E-state index in [4.69, 9.17) is 0 Å². The second-order valence-corrected chi connectivity index (χ2v) is 3.41. The normalized spacial score (nSPS) is 22.1. The molecule has 1 fully saturated rings. The van der Waals surface area contributed by atoms with Crippen molar-refractivity contribution in [3.63, 3.8) is 0 Å². The van der Waals surface area contributed by atoms with Crippen molar-refractivity contribution < 1.29 is 4.79 Å². The minimum atomic E-state index is 0.214. The molecule has 12 heavy (non-hydrogen) atoms. The molecule has 0 aromatic heterocycles. The first-order valence-electron chi connectivity index (χ1n) is 4.37. The molecule has 1 aliphatic carbocycles. The molecule has 0 bridgehead atoms. The summed E-state index contributed by atoms with van der Waals surface area (Å²) in [6.45, 7) is 2.07. The molecule has 0 radical (unpaired) electrons. The van der Waals surface area contributed by atoms with E-state index in [9.17, 15) is 4.79 Å². The number of carbonyl (C=O) groups excluding carboxylic acids is 1. The lowest BCUT2D eigenvalue weighted by Crippen LogP contribution is -2.23. The van der Waals surface area contributed by atoms with Gasteiger partial charge in [-0.15, -0.1) is 0 Å². The maximum absolute atomic E-state index is 11.2. The third-order valence-electron chi connectivity index (χ3n) is 2.63. The monoisotopic (exact) mass is 160 g/mol.